The summed E-state index contributed by atoms with van der Waals surface area (Å²) in [6.07, 6.45) is 0.410. The summed E-state index contributed by atoms with van der Waals surface area (Å²) in [5, 5.41) is 9.63. The van der Waals surface area contributed by atoms with E-state index in [4.69, 9.17) is 4.74 Å². The maximum Gasteiger partial charge on any atom is 0.346 e. The van der Waals surface area contributed by atoms with Crippen LogP contribution in [0.1, 0.15) is 32.2 Å². The van der Waals surface area contributed by atoms with Gasteiger partial charge in [0.25, 0.3) is 5.56 Å². The van der Waals surface area contributed by atoms with Crippen LogP contribution in [0.15, 0.2) is 59.4 Å². The molecule has 7 heteroatoms. The van der Waals surface area contributed by atoms with E-state index < -0.39 is 5.97 Å². The standard InChI is InChI=1S/C22H18N2O4S/c1-13-18-20(25)23-17(24-21(18)29-19(13)22(26)27)11-15-8-5-9-16(10-15)28-12-14-6-3-2-4-7-14/h2-10H,11-12H2,1H3,(H,26,27)(H,23,24,25). The molecule has 0 atom stereocenters. The Morgan fingerprint density at radius 2 is 1.90 bits per heavy atom. The molecule has 0 amide bonds. The van der Waals surface area contributed by atoms with Crippen molar-refractivity contribution < 1.29 is 14.6 Å². The minimum absolute atomic E-state index is 0.145. The maximum atomic E-state index is 12.5. The van der Waals surface area contributed by atoms with Gasteiger partial charge in [0.15, 0.2) is 0 Å². The number of hydrogen-bond acceptors (Lipinski definition) is 5. The van der Waals surface area contributed by atoms with Crippen LogP contribution in [0, 0.1) is 6.92 Å². The summed E-state index contributed by atoms with van der Waals surface area (Å²) in [5.41, 5.74) is 2.15. The number of hydrogen-bond donors (Lipinski definition) is 2. The van der Waals surface area contributed by atoms with Gasteiger partial charge in [-0.3, -0.25) is 4.79 Å². The van der Waals surface area contributed by atoms with Crippen LogP contribution in [-0.2, 0) is 13.0 Å². The van der Waals surface area contributed by atoms with Crippen molar-refractivity contribution in [2.24, 2.45) is 0 Å². The highest BCUT2D eigenvalue weighted by molar-refractivity contribution is 7.20. The van der Waals surface area contributed by atoms with Gasteiger partial charge in [-0.25, -0.2) is 9.78 Å². The van der Waals surface area contributed by atoms with E-state index in [1.54, 1.807) is 6.92 Å². The van der Waals surface area contributed by atoms with E-state index in [-0.39, 0.29) is 10.4 Å². The highest BCUT2D eigenvalue weighted by Crippen LogP contribution is 2.27. The van der Waals surface area contributed by atoms with Crippen LogP contribution in [0.3, 0.4) is 0 Å². The van der Waals surface area contributed by atoms with Gasteiger partial charge in [-0.15, -0.1) is 11.3 Å². The summed E-state index contributed by atoms with van der Waals surface area (Å²) in [5.74, 6) is 0.172. The van der Waals surface area contributed by atoms with Crippen molar-refractivity contribution >= 4 is 27.5 Å². The minimum atomic E-state index is -1.05. The lowest BCUT2D eigenvalue weighted by atomic mass is 10.1. The summed E-state index contributed by atoms with van der Waals surface area (Å²) in [7, 11) is 0. The van der Waals surface area contributed by atoms with Gasteiger partial charge in [-0.05, 0) is 35.7 Å². The Kier molecular flexibility index (Phi) is 5.14. The molecule has 0 fully saturated rings. The average Bonchev–Trinajstić information content (AvgIpc) is 3.05. The zero-order chi connectivity index (χ0) is 20.4. The first-order valence-electron chi connectivity index (χ1n) is 9.02. The Balaban J connectivity index is 1.57. The number of carbonyl (C=O) groups is 1. The van der Waals surface area contributed by atoms with Gasteiger partial charge in [0.05, 0.1) is 5.39 Å². The van der Waals surface area contributed by atoms with E-state index in [0.717, 1.165) is 28.2 Å². The van der Waals surface area contributed by atoms with Crippen LogP contribution in [-0.4, -0.2) is 21.0 Å². The highest BCUT2D eigenvalue weighted by Gasteiger charge is 2.18. The van der Waals surface area contributed by atoms with Crippen LogP contribution >= 0.6 is 11.3 Å². The minimum Gasteiger partial charge on any atom is -0.489 e. The van der Waals surface area contributed by atoms with Gasteiger partial charge in [0, 0.05) is 6.42 Å². The fraction of sp³-hybridized carbons (Fsp3) is 0.136. The summed E-state index contributed by atoms with van der Waals surface area (Å²) in [6.45, 7) is 2.10. The van der Waals surface area contributed by atoms with Gasteiger partial charge in [-0.1, -0.05) is 42.5 Å². The van der Waals surface area contributed by atoms with Crippen LogP contribution in [0.25, 0.3) is 10.2 Å². The number of thiophene rings is 1. The lowest BCUT2D eigenvalue weighted by Crippen LogP contribution is -2.12. The number of carboxylic acid groups (broad SMARTS) is 1. The zero-order valence-corrected chi connectivity index (χ0v) is 16.5. The number of nitrogens with zero attached hydrogens (tertiary/aromatic N) is 1. The molecule has 146 valence electrons. The molecule has 0 spiro atoms. The Labute approximate surface area is 170 Å². The fourth-order valence-electron chi connectivity index (χ4n) is 3.16. The molecule has 0 bridgehead atoms. The van der Waals surface area contributed by atoms with Gasteiger partial charge in [0.2, 0.25) is 0 Å². The first-order chi connectivity index (χ1) is 14.0. The number of H-pyrrole nitrogens is 1. The summed E-state index contributed by atoms with van der Waals surface area (Å²) >= 11 is 1.02. The second-order valence-electron chi connectivity index (χ2n) is 6.65. The van der Waals surface area contributed by atoms with E-state index in [2.05, 4.69) is 9.97 Å². The molecule has 2 N–H and O–H groups in total. The van der Waals surface area contributed by atoms with Crippen LogP contribution in [0.4, 0.5) is 0 Å². The molecule has 0 aliphatic rings. The number of aromatic nitrogens is 2. The number of aryl methyl sites for hydroxylation is 1. The third-order valence-corrected chi connectivity index (χ3v) is 5.74. The van der Waals surface area contributed by atoms with E-state index >= 15 is 0 Å². The molecule has 0 radical (unpaired) electrons. The van der Waals surface area contributed by atoms with Crippen LogP contribution in [0.5, 0.6) is 5.75 Å². The van der Waals surface area contributed by atoms with E-state index in [0.29, 0.717) is 34.6 Å². The fourth-order valence-corrected chi connectivity index (χ4v) is 4.20. The molecular weight excluding hydrogens is 388 g/mol. The topological polar surface area (TPSA) is 92.3 Å². The number of aromatic carboxylic acids is 1. The van der Waals surface area contributed by atoms with Crippen molar-refractivity contribution in [3.63, 3.8) is 0 Å². The molecule has 0 aliphatic heterocycles. The Morgan fingerprint density at radius 3 is 2.66 bits per heavy atom. The van der Waals surface area contributed by atoms with Crippen molar-refractivity contribution in [3.8, 4) is 5.75 Å². The lowest BCUT2D eigenvalue weighted by molar-refractivity contribution is 0.0701. The maximum absolute atomic E-state index is 12.5. The first-order valence-corrected chi connectivity index (χ1v) is 9.84. The van der Waals surface area contributed by atoms with E-state index in [1.807, 2.05) is 54.6 Å². The Hall–Kier alpha value is -3.45. The number of rotatable bonds is 6. The number of carboxylic acids is 1. The molecule has 29 heavy (non-hydrogen) atoms. The molecule has 0 saturated carbocycles. The normalized spacial score (nSPS) is 10.9. The van der Waals surface area contributed by atoms with Gasteiger partial charge in [-0.2, -0.15) is 0 Å². The van der Waals surface area contributed by atoms with Gasteiger partial charge in [0.1, 0.15) is 27.9 Å². The monoisotopic (exact) mass is 406 g/mol. The average molecular weight is 406 g/mol. The molecular formula is C22H18N2O4S. The Morgan fingerprint density at radius 1 is 1.14 bits per heavy atom. The number of ether oxygens (including phenoxy) is 1. The molecule has 0 saturated heterocycles. The molecule has 2 aromatic heterocycles. The smallest absolute Gasteiger partial charge is 0.346 e. The van der Waals surface area contributed by atoms with Gasteiger partial charge >= 0.3 is 5.97 Å². The van der Waals surface area contributed by atoms with Crippen molar-refractivity contribution in [1.82, 2.24) is 9.97 Å². The summed E-state index contributed by atoms with van der Waals surface area (Å²) in [4.78, 5) is 31.6. The third kappa shape index (κ3) is 4.05. The lowest BCUT2D eigenvalue weighted by Gasteiger charge is -2.08. The van der Waals surface area contributed by atoms with Crippen molar-refractivity contribution in [1.29, 1.82) is 0 Å². The largest absolute Gasteiger partial charge is 0.489 e. The molecule has 4 rings (SSSR count). The van der Waals surface area contributed by atoms with Crippen LogP contribution in [0.2, 0.25) is 0 Å². The third-order valence-electron chi connectivity index (χ3n) is 4.56. The first kappa shape index (κ1) is 18.9. The number of benzene rings is 2. The second-order valence-corrected chi connectivity index (χ2v) is 7.65. The van der Waals surface area contributed by atoms with Crippen LogP contribution < -0.4 is 10.3 Å². The highest BCUT2D eigenvalue weighted by atomic mass is 32.1. The van der Waals surface area contributed by atoms with E-state index in [9.17, 15) is 14.7 Å². The SMILES string of the molecule is Cc1c(C(=O)O)sc2nc(Cc3cccc(OCc4ccccc4)c3)[nH]c(=O)c12. The molecule has 2 aromatic carbocycles. The number of aromatic amines is 1. The summed E-state index contributed by atoms with van der Waals surface area (Å²) < 4.78 is 5.85. The number of fused-ring (bicyclic) bond motifs is 1. The van der Waals surface area contributed by atoms with E-state index in [1.165, 1.54) is 0 Å². The summed E-state index contributed by atoms with van der Waals surface area (Å²) in [6, 6.07) is 17.5. The van der Waals surface area contributed by atoms with Gasteiger partial charge < -0.3 is 14.8 Å². The molecule has 0 unspecified atom stereocenters. The quantitative estimate of drug-likeness (QED) is 0.502. The Bertz CT molecular complexity index is 1240. The second kappa shape index (κ2) is 7.89. The molecule has 4 aromatic rings. The van der Waals surface area contributed by atoms with Crippen molar-refractivity contribution in [3.05, 3.63) is 92.3 Å². The predicted molar refractivity (Wildman–Crippen MR) is 112 cm³/mol. The predicted octanol–water partition coefficient (Wildman–Crippen LogP) is 4.16. The van der Waals surface area contributed by atoms with Crippen molar-refractivity contribution in [2.45, 2.75) is 20.0 Å². The zero-order valence-electron chi connectivity index (χ0n) is 15.6. The molecule has 0 aliphatic carbocycles. The van der Waals surface area contributed by atoms with Crippen molar-refractivity contribution in [2.75, 3.05) is 0 Å². The molecule has 6 nitrogen and oxygen atoms in total. The molecule has 2 heterocycles. The number of nitrogens with one attached hydrogen (secondary N) is 1.